The van der Waals surface area contributed by atoms with Gasteiger partial charge in [-0.05, 0) is 31.0 Å². The highest BCUT2D eigenvalue weighted by Gasteiger charge is 2.09. The summed E-state index contributed by atoms with van der Waals surface area (Å²) in [4.78, 5) is 19.8. The van der Waals surface area contributed by atoms with E-state index >= 15 is 0 Å². The first-order valence-corrected chi connectivity index (χ1v) is 8.82. The third-order valence-electron chi connectivity index (χ3n) is 3.88. The molecule has 0 radical (unpaired) electrons. The van der Waals surface area contributed by atoms with Crippen molar-refractivity contribution in [1.82, 2.24) is 30.7 Å². The number of rotatable bonds is 7. The maximum absolute atomic E-state index is 11.9. The summed E-state index contributed by atoms with van der Waals surface area (Å²) in [5, 5.41) is 14.0. The van der Waals surface area contributed by atoms with E-state index in [1.54, 1.807) is 18.0 Å². The summed E-state index contributed by atoms with van der Waals surface area (Å²) in [6.45, 7) is 4.75. The summed E-state index contributed by atoms with van der Waals surface area (Å²) in [5.41, 5.74) is 4.43. The maximum Gasteiger partial charge on any atom is 0.220 e. The van der Waals surface area contributed by atoms with Gasteiger partial charge in [0.2, 0.25) is 5.91 Å². The van der Waals surface area contributed by atoms with Gasteiger partial charge in [-0.25, -0.2) is 4.98 Å². The second-order valence-corrected chi connectivity index (χ2v) is 6.71. The Morgan fingerprint density at radius 3 is 3.00 bits per heavy atom. The Hall–Kier alpha value is -2.35. The summed E-state index contributed by atoms with van der Waals surface area (Å²) in [5.74, 6) is 1.65. The van der Waals surface area contributed by atoms with Crippen molar-refractivity contribution >= 4 is 28.7 Å². The number of nitrogens with zero attached hydrogens (tertiary/aromatic N) is 3. The minimum atomic E-state index is 0.0316. The van der Waals surface area contributed by atoms with Crippen molar-refractivity contribution in [2.75, 3.05) is 12.3 Å². The SMILES string of the molecule is Cc1ccc2[nH]c(CCC(=O)NCCSc3cn[nH]n3)nc2c1C. The molecule has 2 aromatic heterocycles. The van der Waals surface area contributed by atoms with Gasteiger partial charge in [0.25, 0.3) is 0 Å². The van der Waals surface area contributed by atoms with Crippen LogP contribution in [0.3, 0.4) is 0 Å². The van der Waals surface area contributed by atoms with Crippen molar-refractivity contribution in [2.24, 2.45) is 0 Å². The number of hydrogen-bond donors (Lipinski definition) is 3. The Morgan fingerprint density at radius 2 is 2.21 bits per heavy atom. The summed E-state index contributed by atoms with van der Waals surface area (Å²) in [6.07, 6.45) is 2.69. The number of aryl methyl sites for hydroxylation is 3. The lowest BCUT2D eigenvalue weighted by Crippen LogP contribution is -2.26. The number of fused-ring (bicyclic) bond motifs is 1. The predicted octanol–water partition coefficient (Wildman–Crippen LogP) is 2.14. The van der Waals surface area contributed by atoms with Gasteiger partial charge < -0.3 is 10.3 Å². The van der Waals surface area contributed by atoms with Gasteiger partial charge in [0.1, 0.15) is 10.9 Å². The highest BCUT2D eigenvalue weighted by molar-refractivity contribution is 7.99. The normalized spacial score (nSPS) is 11.1. The molecule has 0 spiro atoms. The van der Waals surface area contributed by atoms with Crippen LogP contribution in [0.2, 0.25) is 0 Å². The van der Waals surface area contributed by atoms with Gasteiger partial charge in [-0.2, -0.15) is 10.3 Å². The van der Waals surface area contributed by atoms with Gasteiger partial charge >= 0.3 is 0 Å². The Morgan fingerprint density at radius 1 is 1.33 bits per heavy atom. The maximum atomic E-state index is 11.9. The molecule has 1 aromatic carbocycles. The van der Waals surface area contributed by atoms with Crippen LogP contribution in [0.15, 0.2) is 23.4 Å². The van der Waals surface area contributed by atoms with E-state index in [1.165, 1.54) is 11.1 Å². The number of hydrogen-bond acceptors (Lipinski definition) is 5. The van der Waals surface area contributed by atoms with E-state index < -0.39 is 0 Å². The molecule has 7 nitrogen and oxygen atoms in total. The van der Waals surface area contributed by atoms with E-state index in [1.807, 2.05) is 6.07 Å². The van der Waals surface area contributed by atoms with Crippen LogP contribution in [0.25, 0.3) is 11.0 Å². The molecule has 3 aromatic rings. The fourth-order valence-electron chi connectivity index (χ4n) is 2.41. The van der Waals surface area contributed by atoms with Gasteiger partial charge in [0.15, 0.2) is 0 Å². The molecule has 0 bridgehead atoms. The number of carbonyl (C=O) groups is 1. The van der Waals surface area contributed by atoms with Crippen molar-refractivity contribution in [1.29, 1.82) is 0 Å². The lowest BCUT2D eigenvalue weighted by Gasteiger charge is -2.03. The molecular formula is C16H20N6OS. The van der Waals surface area contributed by atoms with Gasteiger partial charge in [-0.1, -0.05) is 6.07 Å². The first-order valence-electron chi connectivity index (χ1n) is 7.83. The number of imidazole rings is 1. The van der Waals surface area contributed by atoms with Crippen LogP contribution < -0.4 is 5.32 Å². The Bertz CT molecular complexity index is 827. The highest BCUT2D eigenvalue weighted by atomic mass is 32.2. The lowest BCUT2D eigenvalue weighted by molar-refractivity contribution is -0.120. The van der Waals surface area contributed by atoms with Gasteiger partial charge in [-0.3, -0.25) is 4.79 Å². The minimum Gasteiger partial charge on any atom is -0.355 e. The Kier molecular flexibility index (Phi) is 5.14. The molecule has 0 aliphatic rings. The number of H-pyrrole nitrogens is 2. The number of amides is 1. The number of aromatic amines is 2. The average molecular weight is 344 g/mol. The topological polar surface area (TPSA) is 99.3 Å². The molecule has 0 saturated carbocycles. The highest BCUT2D eigenvalue weighted by Crippen LogP contribution is 2.19. The van der Waals surface area contributed by atoms with E-state index in [0.29, 0.717) is 19.4 Å². The zero-order valence-electron chi connectivity index (χ0n) is 13.7. The van der Waals surface area contributed by atoms with E-state index in [2.05, 4.69) is 50.6 Å². The molecule has 126 valence electrons. The molecule has 0 atom stereocenters. The van der Waals surface area contributed by atoms with Crippen molar-refractivity contribution in [3.05, 3.63) is 35.3 Å². The summed E-state index contributed by atoms with van der Waals surface area (Å²) in [7, 11) is 0. The summed E-state index contributed by atoms with van der Waals surface area (Å²) in [6, 6.07) is 4.12. The van der Waals surface area contributed by atoms with Crippen LogP contribution in [0, 0.1) is 13.8 Å². The van der Waals surface area contributed by atoms with Crippen molar-refractivity contribution in [2.45, 2.75) is 31.7 Å². The van der Waals surface area contributed by atoms with Gasteiger partial charge in [0, 0.05) is 25.1 Å². The van der Waals surface area contributed by atoms with E-state index in [4.69, 9.17) is 0 Å². The fourth-order valence-corrected chi connectivity index (χ4v) is 3.06. The summed E-state index contributed by atoms with van der Waals surface area (Å²) >= 11 is 1.55. The van der Waals surface area contributed by atoms with Crippen molar-refractivity contribution < 1.29 is 4.79 Å². The number of aromatic nitrogens is 5. The fraction of sp³-hybridized carbons (Fsp3) is 0.375. The number of thioether (sulfide) groups is 1. The average Bonchev–Trinajstić information content (AvgIpc) is 3.23. The van der Waals surface area contributed by atoms with Crippen LogP contribution in [-0.2, 0) is 11.2 Å². The van der Waals surface area contributed by atoms with Crippen LogP contribution in [0.4, 0.5) is 0 Å². The number of carbonyl (C=O) groups excluding carboxylic acids is 1. The first-order chi connectivity index (χ1) is 11.6. The van der Waals surface area contributed by atoms with Crippen LogP contribution >= 0.6 is 11.8 Å². The monoisotopic (exact) mass is 344 g/mol. The zero-order valence-corrected chi connectivity index (χ0v) is 14.5. The second-order valence-electron chi connectivity index (χ2n) is 5.59. The zero-order chi connectivity index (χ0) is 16.9. The molecule has 0 fully saturated rings. The molecule has 1 amide bonds. The number of benzene rings is 1. The molecule has 0 aliphatic carbocycles. The first kappa shape index (κ1) is 16.5. The molecule has 3 N–H and O–H groups in total. The standard InChI is InChI=1S/C16H20N6OS/c1-10-3-4-12-16(11(10)2)20-13(19-12)5-6-14(23)17-7-8-24-15-9-18-22-21-15/h3-4,9H,5-8H2,1-2H3,(H,17,23)(H,19,20)(H,18,21,22). The smallest absolute Gasteiger partial charge is 0.220 e. The molecule has 24 heavy (non-hydrogen) atoms. The van der Waals surface area contributed by atoms with Crippen molar-refractivity contribution in [3.8, 4) is 0 Å². The molecular weight excluding hydrogens is 324 g/mol. The third kappa shape index (κ3) is 3.94. The Labute approximate surface area is 144 Å². The molecule has 0 aliphatic heterocycles. The largest absolute Gasteiger partial charge is 0.355 e. The van der Waals surface area contributed by atoms with Crippen molar-refractivity contribution in [3.63, 3.8) is 0 Å². The van der Waals surface area contributed by atoms with E-state index in [0.717, 1.165) is 27.6 Å². The predicted molar refractivity (Wildman–Crippen MR) is 94.0 cm³/mol. The van der Waals surface area contributed by atoms with E-state index in [-0.39, 0.29) is 5.91 Å². The van der Waals surface area contributed by atoms with E-state index in [9.17, 15) is 4.79 Å². The molecule has 2 heterocycles. The van der Waals surface area contributed by atoms with Gasteiger partial charge in [-0.15, -0.1) is 16.9 Å². The summed E-state index contributed by atoms with van der Waals surface area (Å²) < 4.78 is 0. The third-order valence-corrected chi connectivity index (χ3v) is 4.78. The van der Waals surface area contributed by atoms with Crippen LogP contribution in [0.5, 0.6) is 0 Å². The van der Waals surface area contributed by atoms with Crippen LogP contribution in [0.1, 0.15) is 23.4 Å². The Balaban J connectivity index is 1.45. The molecule has 0 saturated heterocycles. The van der Waals surface area contributed by atoms with Gasteiger partial charge in [0.05, 0.1) is 17.2 Å². The molecule has 8 heteroatoms. The quantitative estimate of drug-likeness (QED) is 0.450. The van der Waals surface area contributed by atoms with Crippen LogP contribution in [-0.4, -0.2) is 43.6 Å². The molecule has 0 unspecified atom stereocenters. The second kappa shape index (κ2) is 7.48. The lowest BCUT2D eigenvalue weighted by atomic mass is 10.1. The molecule has 3 rings (SSSR count). The minimum absolute atomic E-state index is 0.0316. The number of nitrogens with one attached hydrogen (secondary N) is 3.